The molecule has 0 aromatic carbocycles. The number of nitrogens with zero attached hydrogens (tertiary/aromatic N) is 3. The predicted octanol–water partition coefficient (Wildman–Crippen LogP) is 2.70. The number of halogens is 3. The second kappa shape index (κ2) is 8.88. The number of piperidine rings is 1. The van der Waals surface area contributed by atoms with Crippen LogP contribution < -0.4 is 16.0 Å². The third-order valence-corrected chi connectivity index (χ3v) is 6.48. The van der Waals surface area contributed by atoms with Crippen molar-refractivity contribution in [1.29, 1.82) is 0 Å². The van der Waals surface area contributed by atoms with E-state index < -0.39 is 23.8 Å². The predicted molar refractivity (Wildman–Crippen MR) is 119 cm³/mol. The first-order valence-electron chi connectivity index (χ1n) is 11.2. The van der Waals surface area contributed by atoms with Crippen LogP contribution in [-0.4, -0.2) is 64.3 Å². The Morgan fingerprint density at radius 1 is 1.32 bits per heavy atom. The average Bonchev–Trinajstić information content (AvgIpc) is 3.22. The molecule has 3 aromatic heterocycles. The van der Waals surface area contributed by atoms with Crippen molar-refractivity contribution < 1.29 is 22.7 Å². The van der Waals surface area contributed by atoms with E-state index in [2.05, 4.69) is 25.9 Å². The Labute approximate surface area is 193 Å². The number of carbonyl (C=O) groups excluding carboxylic acids is 1. The molecule has 180 valence electrons. The van der Waals surface area contributed by atoms with Gasteiger partial charge in [0.05, 0.1) is 36.7 Å². The number of amides is 1. The van der Waals surface area contributed by atoms with E-state index in [0.29, 0.717) is 43.9 Å². The van der Waals surface area contributed by atoms with Gasteiger partial charge in [-0.05, 0) is 31.5 Å². The number of anilines is 1. The van der Waals surface area contributed by atoms with Gasteiger partial charge < -0.3 is 20.7 Å². The number of hydrogen-bond donors (Lipinski definition) is 3. The van der Waals surface area contributed by atoms with Crippen LogP contribution in [0.25, 0.3) is 17.0 Å². The zero-order valence-corrected chi connectivity index (χ0v) is 18.6. The van der Waals surface area contributed by atoms with Crippen molar-refractivity contribution in [3.05, 3.63) is 47.8 Å². The molecule has 3 N–H and O–H groups in total. The Kier molecular flexibility index (Phi) is 5.90. The molecule has 1 amide bonds. The largest absolute Gasteiger partial charge is 0.376 e. The summed E-state index contributed by atoms with van der Waals surface area (Å²) in [7, 11) is 0. The Morgan fingerprint density at radius 3 is 2.85 bits per heavy atom. The van der Waals surface area contributed by atoms with E-state index in [9.17, 15) is 18.0 Å². The average molecular weight is 474 g/mol. The highest BCUT2D eigenvalue weighted by atomic mass is 19.1. The number of rotatable bonds is 6. The van der Waals surface area contributed by atoms with Gasteiger partial charge >= 0.3 is 0 Å². The monoisotopic (exact) mass is 474 g/mol. The maximum Gasteiger partial charge on any atom is 0.252 e. The Hall–Kier alpha value is -3.18. The van der Waals surface area contributed by atoms with Crippen molar-refractivity contribution in [2.45, 2.75) is 37.5 Å². The smallest absolute Gasteiger partial charge is 0.252 e. The molecule has 2 saturated heterocycles. The number of alkyl halides is 1. The van der Waals surface area contributed by atoms with Crippen molar-refractivity contribution in [3.8, 4) is 11.4 Å². The third-order valence-electron chi connectivity index (χ3n) is 6.48. The van der Waals surface area contributed by atoms with Crippen LogP contribution in [-0.2, 0) is 4.74 Å². The first-order valence-corrected chi connectivity index (χ1v) is 11.2. The molecule has 0 radical (unpaired) electrons. The second-order valence-corrected chi connectivity index (χ2v) is 8.78. The van der Waals surface area contributed by atoms with Gasteiger partial charge in [-0.15, -0.1) is 0 Å². The number of fused-ring (bicyclic) bond motifs is 1. The lowest BCUT2D eigenvalue weighted by Gasteiger charge is -2.41. The fraction of sp³-hybridized carbons (Fsp3) is 0.435. The number of hydrogen-bond acceptors (Lipinski definition) is 6. The molecule has 5 rings (SSSR count). The van der Waals surface area contributed by atoms with Gasteiger partial charge in [-0.3, -0.25) is 9.20 Å². The summed E-state index contributed by atoms with van der Waals surface area (Å²) in [6.07, 6.45) is 2.86. The standard InChI is InChI=1S/C23H25F3N6O2/c1-2-23(11-34-12-23)31-22(33)13-4-6-32-18(10-28-19(32)7-13)20-15(25)8-16(26)21(30-20)29-17-9-27-5-3-14(17)24/h4,6-8,10,14,17,27H,2-3,5,9,11-12H2,1H3,(H,29,30)(H,31,33)/t14-,17-/m0/s1. The number of ether oxygens (including phenoxy) is 1. The lowest BCUT2D eigenvalue weighted by molar-refractivity contribution is -0.0709. The summed E-state index contributed by atoms with van der Waals surface area (Å²) in [6.45, 7) is 3.77. The van der Waals surface area contributed by atoms with Crippen LogP contribution in [0.4, 0.5) is 19.0 Å². The van der Waals surface area contributed by atoms with Crippen LogP contribution in [0.1, 0.15) is 30.1 Å². The van der Waals surface area contributed by atoms with Gasteiger partial charge in [0.15, 0.2) is 17.5 Å². The highest BCUT2D eigenvalue weighted by Gasteiger charge is 2.38. The minimum atomic E-state index is -1.17. The van der Waals surface area contributed by atoms with Crippen molar-refractivity contribution >= 4 is 17.4 Å². The number of imidazole rings is 1. The molecule has 0 unspecified atom stereocenters. The third kappa shape index (κ3) is 4.09. The van der Waals surface area contributed by atoms with Crippen LogP contribution in [0, 0.1) is 11.6 Å². The fourth-order valence-electron chi connectivity index (χ4n) is 4.21. The van der Waals surface area contributed by atoms with E-state index in [1.807, 2.05) is 6.92 Å². The van der Waals surface area contributed by atoms with Gasteiger partial charge in [0, 0.05) is 24.4 Å². The Bertz CT molecular complexity index is 1220. The summed E-state index contributed by atoms with van der Waals surface area (Å²) in [5.41, 5.74) is 0.583. The molecule has 11 heteroatoms. The lowest BCUT2D eigenvalue weighted by atomic mass is 9.93. The quantitative estimate of drug-likeness (QED) is 0.509. The van der Waals surface area contributed by atoms with Crippen molar-refractivity contribution in [3.63, 3.8) is 0 Å². The summed E-state index contributed by atoms with van der Waals surface area (Å²) in [4.78, 5) is 21.1. The van der Waals surface area contributed by atoms with E-state index in [0.717, 1.165) is 12.5 Å². The minimum Gasteiger partial charge on any atom is -0.376 e. The summed E-state index contributed by atoms with van der Waals surface area (Å²) < 4.78 is 50.2. The lowest BCUT2D eigenvalue weighted by Crippen LogP contribution is -2.61. The molecule has 0 bridgehead atoms. The second-order valence-electron chi connectivity index (χ2n) is 8.78. The maximum absolute atomic E-state index is 14.7. The SMILES string of the molecule is CCC1(NC(=O)c2ccn3c(-c4nc(N[C@H]5CNCC[C@@H]5F)c(F)cc4F)cnc3c2)COC1. The number of nitrogens with one attached hydrogen (secondary N) is 3. The Balaban J connectivity index is 1.43. The molecule has 8 nitrogen and oxygen atoms in total. The fourth-order valence-corrected chi connectivity index (χ4v) is 4.21. The van der Waals surface area contributed by atoms with Crippen LogP contribution in [0.2, 0.25) is 0 Å². The first-order chi connectivity index (χ1) is 16.4. The molecule has 2 atom stereocenters. The van der Waals surface area contributed by atoms with E-state index in [1.165, 1.54) is 6.20 Å². The molecule has 0 spiro atoms. The van der Waals surface area contributed by atoms with Gasteiger partial charge in [0.1, 0.15) is 17.5 Å². The van der Waals surface area contributed by atoms with E-state index in [1.54, 1.807) is 22.7 Å². The summed E-state index contributed by atoms with van der Waals surface area (Å²) in [6, 6.07) is 3.23. The summed E-state index contributed by atoms with van der Waals surface area (Å²) >= 11 is 0. The van der Waals surface area contributed by atoms with E-state index in [4.69, 9.17) is 4.74 Å². The molecule has 0 aliphatic carbocycles. The number of aromatic nitrogens is 3. The van der Waals surface area contributed by atoms with Gasteiger partial charge in [-0.25, -0.2) is 23.1 Å². The van der Waals surface area contributed by atoms with Crippen LogP contribution >= 0.6 is 0 Å². The molecular weight excluding hydrogens is 449 g/mol. The van der Waals surface area contributed by atoms with Crippen molar-refractivity contribution in [1.82, 2.24) is 25.0 Å². The van der Waals surface area contributed by atoms with Gasteiger partial charge in [-0.1, -0.05) is 6.92 Å². The molecule has 2 fully saturated rings. The summed E-state index contributed by atoms with van der Waals surface area (Å²) in [5.74, 6) is -2.26. The van der Waals surface area contributed by atoms with Crippen LogP contribution in [0.15, 0.2) is 30.6 Å². The topological polar surface area (TPSA) is 92.6 Å². The number of carbonyl (C=O) groups is 1. The molecule has 2 aliphatic rings. The molecule has 0 saturated carbocycles. The van der Waals surface area contributed by atoms with E-state index in [-0.39, 0.29) is 28.7 Å². The van der Waals surface area contributed by atoms with Gasteiger partial charge in [0.2, 0.25) is 0 Å². The van der Waals surface area contributed by atoms with Crippen LogP contribution in [0.3, 0.4) is 0 Å². The van der Waals surface area contributed by atoms with Gasteiger partial charge in [0.25, 0.3) is 5.91 Å². The normalized spacial score (nSPS) is 21.8. The number of pyridine rings is 2. The van der Waals surface area contributed by atoms with Gasteiger partial charge in [-0.2, -0.15) is 0 Å². The highest BCUT2D eigenvalue weighted by molar-refractivity contribution is 5.95. The zero-order chi connectivity index (χ0) is 23.9. The summed E-state index contributed by atoms with van der Waals surface area (Å²) in [5, 5.41) is 8.80. The minimum absolute atomic E-state index is 0.135. The van der Waals surface area contributed by atoms with E-state index >= 15 is 0 Å². The van der Waals surface area contributed by atoms with Crippen molar-refractivity contribution in [2.24, 2.45) is 0 Å². The zero-order valence-electron chi connectivity index (χ0n) is 18.6. The first kappa shape index (κ1) is 22.6. The van der Waals surface area contributed by atoms with Crippen LogP contribution in [0.5, 0.6) is 0 Å². The molecule has 5 heterocycles. The molecule has 2 aliphatic heterocycles. The highest BCUT2D eigenvalue weighted by Crippen LogP contribution is 2.27. The Morgan fingerprint density at radius 2 is 2.15 bits per heavy atom. The molecular formula is C23H25F3N6O2. The van der Waals surface area contributed by atoms with Crippen molar-refractivity contribution in [2.75, 3.05) is 31.6 Å². The maximum atomic E-state index is 14.7. The molecule has 3 aromatic rings. The molecule has 34 heavy (non-hydrogen) atoms.